The fourth-order valence-electron chi connectivity index (χ4n) is 2.69. The highest BCUT2D eigenvalue weighted by Crippen LogP contribution is 2.29. The monoisotopic (exact) mass is 298 g/mol. The van der Waals surface area contributed by atoms with Crippen LogP contribution in [0.25, 0.3) is 0 Å². The summed E-state index contributed by atoms with van der Waals surface area (Å²) in [5.41, 5.74) is 0.730. The lowest BCUT2D eigenvalue weighted by Gasteiger charge is -2.37. The van der Waals surface area contributed by atoms with Crippen molar-refractivity contribution in [3.8, 4) is 0 Å². The van der Waals surface area contributed by atoms with Gasteiger partial charge in [-0.1, -0.05) is 13.8 Å². The van der Waals surface area contributed by atoms with Gasteiger partial charge in [-0.25, -0.2) is 8.78 Å². The average Bonchev–Trinajstić information content (AvgIpc) is 2.47. The van der Waals surface area contributed by atoms with Crippen molar-refractivity contribution in [1.29, 1.82) is 0 Å². The van der Waals surface area contributed by atoms with E-state index in [0.29, 0.717) is 31.9 Å². The second-order valence-corrected chi connectivity index (χ2v) is 5.42. The van der Waals surface area contributed by atoms with Crippen molar-refractivity contribution in [1.82, 2.24) is 5.32 Å². The van der Waals surface area contributed by atoms with Gasteiger partial charge in [0.1, 0.15) is 17.3 Å². The lowest BCUT2D eigenvalue weighted by atomic mass is 10.1. The van der Waals surface area contributed by atoms with Gasteiger partial charge in [-0.15, -0.1) is 0 Å². The van der Waals surface area contributed by atoms with Crippen LogP contribution in [0.1, 0.15) is 32.3 Å². The minimum Gasteiger partial charge on any atom is -0.377 e. The van der Waals surface area contributed by atoms with Gasteiger partial charge in [0, 0.05) is 13.1 Å². The zero-order valence-corrected chi connectivity index (χ0v) is 12.8. The standard InChI is InChI=1S/C16H24F2N2O/c1-3-5-19-10-12-8-14(17)16(15(18)9-12)20-6-7-21-11-13(20)4-2/h8-9,13,19H,3-7,10-11H2,1-2H3. The molecule has 1 heterocycles. The summed E-state index contributed by atoms with van der Waals surface area (Å²) < 4.78 is 34.1. The van der Waals surface area contributed by atoms with Gasteiger partial charge in [0.2, 0.25) is 0 Å². The summed E-state index contributed by atoms with van der Waals surface area (Å²) >= 11 is 0. The van der Waals surface area contributed by atoms with E-state index in [1.54, 1.807) is 4.90 Å². The Kier molecular flexibility index (Phi) is 5.94. The maximum absolute atomic E-state index is 14.4. The number of morpholine rings is 1. The van der Waals surface area contributed by atoms with Crippen molar-refractivity contribution in [2.24, 2.45) is 0 Å². The summed E-state index contributed by atoms with van der Waals surface area (Å²) in [6.07, 6.45) is 1.80. The topological polar surface area (TPSA) is 24.5 Å². The van der Waals surface area contributed by atoms with E-state index in [1.165, 1.54) is 12.1 Å². The van der Waals surface area contributed by atoms with Crippen LogP contribution in [0.5, 0.6) is 0 Å². The van der Waals surface area contributed by atoms with E-state index >= 15 is 0 Å². The summed E-state index contributed by atoms with van der Waals surface area (Å²) in [5.74, 6) is -0.965. The molecule has 0 saturated carbocycles. The molecule has 0 bridgehead atoms. The zero-order valence-electron chi connectivity index (χ0n) is 12.8. The number of ether oxygens (including phenoxy) is 1. The number of nitrogens with one attached hydrogen (secondary N) is 1. The van der Waals surface area contributed by atoms with Crippen molar-refractivity contribution >= 4 is 5.69 Å². The molecular formula is C16H24F2N2O. The number of benzene rings is 1. The maximum atomic E-state index is 14.4. The first-order chi connectivity index (χ1) is 10.2. The number of halogens is 2. The summed E-state index contributed by atoms with van der Waals surface area (Å²) in [7, 11) is 0. The maximum Gasteiger partial charge on any atom is 0.149 e. The number of hydrogen-bond acceptors (Lipinski definition) is 3. The van der Waals surface area contributed by atoms with Crippen molar-refractivity contribution in [2.45, 2.75) is 39.3 Å². The highest BCUT2D eigenvalue weighted by molar-refractivity contribution is 5.52. The zero-order chi connectivity index (χ0) is 15.2. The third-order valence-corrected chi connectivity index (χ3v) is 3.82. The van der Waals surface area contributed by atoms with Gasteiger partial charge < -0.3 is 15.0 Å². The molecule has 0 radical (unpaired) electrons. The molecule has 1 aliphatic heterocycles. The van der Waals surface area contributed by atoms with E-state index in [9.17, 15) is 8.78 Å². The van der Waals surface area contributed by atoms with Crippen LogP contribution in [0.4, 0.5) is 14.5 Å². The molecular weight excluding hydrogens is 274 g/mol. The van der Waals surface area contributed by atoms with Crippen LogP contribution < -0.4 is 10.2 Å². The number of nitrogens with zero attached hydrogens (tertiary/aromatic N) is 1. The Labute approximate surface area is 125 Å². The SMILES string of the molecule is CCCNCc1cc(F)c(N2CCOCC2CC)c(F)c1. The summed E-state index contributed by atoms with van der Waals surface area (Å²) in [6, 6.07) is 2.90. The molecule has 21 heavy (non-hydrogen) atoms. The molecule has 0 aliphatic carbocycles. The predicted molar refractivity (Wildman–Crippen MR) is 80.6 cm³/mol. The van der Waals surface area contributed by atoms with Crippen LogP contribution in [-0.4, -0.2) is 32.3 Å². The minimum absolute atomic E-state index is 0.0341. The van der Waals surface area contributed by atoms with Crippen LogP contribution in [0.15, 0.2) is 12.1 Å². The van der Waals surface area contributed by atoms with Crippen LogP contribution in [0.2, 0.25) is 0 Å². The Bertz CT molecular complexity index is 445. The van der Waals surface area contributed by atoms with Gasteiger partial charge in [0.05, 0.1) is 19.3 Å². The third kappa shape index (κ3) is 3.92. The molecule has 1 aliphatic rings. The molecule has 1 aromatic carbocycles. The second-order valence-electron chi connectivity index (χ2n) is 5.42. The van der Waals surface area contributed by atoms with Crippen LogP contribution in [-0.2, 0) is 11.3 Å². The molecule has 118 valence electrons. The fourth-order valence-corrected chi connectivity index (χ4v) is 2.69. The smallest absolute Gasteiger partial charge is 0.149 e. The molecule has 1 fully saturated rings. The van der Waals surface area contributed by atoms with Gasteiger partial charge in [-0.3, -0.25) is 0 Å². The van der Waals surface area contributed by atoms with Crippen LogP contribution in [0.3, 0.4) is 0 Å². The third-order valence-electron chi connectivity index (χ3n) is 3.82. The predicted octanol–water partition coefficient (Wildman–Crippen LogP) is 3.08. The first-order valence-electron chi connectivity index (χ1n) is 7.70. The highest BCUT2D eigenvalue weighted by Gasteiger charge is 2.26. The first-order valence-corrected chi connectivity index (χ1v) is 7.70. The second kappa shape index (κ2) is 7.71. The summed E-state index contributed by atoms with van der Waals surface area (Å²) in [6.45, 7) is 6.95. The Morgan fingerprint density at radius 2 is 2.00 bits per heavy atom. The highest BCUT2D eigenvalue weighted by atomic mass is 19.1. The lowest BCUT2D eigenvalue weighted by Crippen LogP contribution is -2.46. The molecule has 3 nitrogen and oxygen atoms in total. The van der Waals surface area contributed by atoms with E-state index in [1.807, 2.05) is 6.92 Å². The first kappa shape index (κ1) is 16.2. The Hall–Kier alpha value is -1.20. The van der Waals surface area contributed by atoms with Crippen LogP contribution >= 0.6 is 0 Å². The normalized spacial score (nSPS) is 19.0. The molecule has 2 rings (SSSR count). The average molecular weight is 298 g/mol. The molecule has 1 unspecified atom stereocenters. The van der Waals surface area contributed by atoms with Crippen LogP contribution in [0, 0.1) is 11.6 Å². The van der Waals surface area contributed by atoms with Crippen molar-refractivity contribution in [3.05, 3.63) is 29.3 Å². The molecule has 0 amide bonds. The van der Waals surface area contributed by atoms with E-state index in [-0.39, 0.29) is 11.7 Å². The summed E-state index contributed by atoms with van der Waals surface area (Å²) in [5, 5.41) is 3.16. The fraction of sp³-hybridized carbons (Fsp3) is 0.625. The van der Waals surface area contributed by atoms with Crippen molar-refractivity contribution in [2.75, 3.05) is 31.2 Å². The minimum atomic E-state index is -0.483. The van der Waals surface area contributed by atoms with Gasteiger partial charge >= 0.3 is 0 Å². The molecule has 1 atom stereocenters. The Balaban J connectivity index is 2.19. The quantitative estimate of drug-likeness (QED) is 0.817. The van der Waals surface area contributed by atoms with Gasteiger partial charge in [-0.2, -0.15) is 0 Å². The Morgan fingerprint density at radius 1 is 1.29 bits per heavy atom. The van der Waals surface area contributed by atoms with Crippen molar-refractivity contribution < 1.29 is 13.5 Å². The summed E-state index contributed by atoms with van der Waals surface area (Å²) in [4.78, 5) is 1.80. The number of rotatable bonds is 6. The molecule has 1 N–H and O–H groups in total. The molecule has 5 heteroatoms. The molecule has 1 saturated heterocycles. The van der Waals surface area contributed by atoms with Gasteiger partial charge in [0.15, 0.2) is 0 Å². The number of hydrogen-bond donors (Lipinski definition) is 1. The largest absolute Gasteiger partial charge is 0.377 e. The molecule has 1 aromatic rings. The van der Waals surface area contributed by atoms with Gasteiger partial charge in [-0.05, 0) is 37.1 Å². The van der Waals surface area contributed by atoms with E-state index < -0.39 is 11.6 Å². The van der Waals surface area contributed by atoms with E-state index in [0.717, 1.165) is 19.4 Å². The molecule has 0 aromatic heterocycles. The number of anilines is 1. The lowest BCUT2D eigenvalue weighted by molar-refractivity contribution is 0.0922. The molecule has 0 spiro atoms. The van der Waals surface area contributed by atoms with E-state index in [4.69, 9.17) is 4.74 Å². The van der Waals surface area contributed by atoms with Gasteiger partial charge in [0.25, 0.3) is 0 Å². The Morgan fingerprint density at radius 3 is 2.62 bits per heavy atom. The van der Waals surface area contributed by atoms with Crippen molar-refractivity contribution in [3.63, 3.8) is 0 Å². The van der Waals surface area contributed by atoms with E-state index in [2.05, 4.69) is 12.2 Å².